The molecule has 6 nitrogen and oxygen atoms in total. The fraction of sp³-hybridized carbons (Fsp3) is 0.0476. The number of aryl methyl sites for hydroxylation is 1. The molecule has 0 aliphatic rings. The summed E-state index contributed by atoms with van der Waals surface area (Å²) in [6, 6.07) is 17.5. The van der Waals surface area contributed by atoms with Crippen molar-refractivity contribution in [3.8, 4) is 0 Å². The molecular weight excluding hydrogens is 427 g/mol. The SMILES string of the molecule is Cc1cc(F)ccc1S(=O)(=O)Nc1nc2ccccc2nc1Nc1ccc(Cl)cc1. The highest BCUT2D eigenvalue weighted by Crippen LogP contribution is 2.28. The van der Waals surface area contributed by atoms with Crippen LogP contribution in [0.5, 0.6) is 0 Å². The molecule has 0 bridgehead atoms. The fourth-order valence-corrected chi connectivity index (χ4v) is 4.29. The first-order valence-electron chi connectivity index (χ1n) is 8.90. The monoisotopic (exact) mass is 442 g/mol. The number of hydrogen-bond donors (Lipinski definition) is 2. The molecule has 152 valence electrons. The zero-order valence-electron chi connectivity index (χ0n) is 15.7. The van der Waals surface area contributed by atoms with Crippen LogP contribution in [0.25, 0.3) is 11.0 Å². The van der Waals surface area contributed by atoms with Crippen LogP contribution in [-0.4, -0.2) is 18.4 Å². The number of hydrogen-bond acceptors (Lipinski definition) is 5. The molecule has 9 heteroatoms. The van der Waals surface area contributed by atoms with Crippen LogP contribution in [0.1, 0.15) is 5.56 Å². The summed E-state index contributed by atoms with van der Waals surface area (Å²) in [5.41, 5.74) is 2.05. The number of anilines is 3. The fourth-order valence-electron chi connectivity index (χ4n) is 2.92. The molecule has 30 heavy (non-hydrogen) atoms. The van der Waals surface area contributed by atoms with Crippen LogP contribution in [0.2, 0.25) is 5.02 Å². The van der Waals surface area contributed by atoms with E-state index in [9.17, 15) is 12.8 Å². The minimum absolute atomic E-state index is 0.0207. The molecule has 0 fully saturated rings. The maximum atomic E-state index is 13.4. The largest absolute Gasteiger partial charge is 0.337 e. The van der Waals surface area contributed by atoms with Crippen molar-refractivity contribution in [3.63, 3.8) is 0 Å². The van der Waals surface area contributed by atoms with Crippen molar-refractivity contribution in [2.45, 2.75) is 11.8 Å². The van der Waals surface area contributed by atoms with E-state index in [1.54, 1.807) is 42.5 Å². The van der Waals surface area contributed by atoms with E-state index >= 15 is 0 Å². The number of benzene rings is 3. The second-order valence-electron chi connectivity index (χ2n) is 6.56. The quantitative estimate of drug-likeness (QED) is 0.439. The Labute approximate surface area is 177 Å². The minimum Gasteiger partial charge on any atom is -0.337 e. The molecule has 0 saturated carbocycles. The Bertz CT molecular complexity index is 1350. The van der Waals surface area contributed by atoms with Gasteiger partial charge in [-0.05, 0) is 67.1 Å². The van der Waals surface area contributed by atoms with Crippen molar-refractivity contribution < 1.29 is 12.8 Å². The van der Waals surface area contributed by atoms with Gasteiger partial charge in [0.2, 0.25) is 0 Å². The number of sulfonamides is 1. The van der Waals surface area contributed by atoms with Gasteiger partial charge in [-0.25, -0.2) is 22.8 Å². The number of aromatic nitrogens is 2. The van der Waals surface area contributed by atoms with E-state index in [2.05, 4.69) is 20.0 Å². The van der Waals surface area contributed by atoms with E-state index < -0.39 is 15.8 Å². The van der Waals surface area contributed by atoms with E-state index in [4.69, 9.17) is 11.6 Å². The van der Waals surface area contributed by atoms with Crippen molar-refractivity contribution in [1.29, 1.82) is 0 Å². The van der Waals surface area contributed by atoms with Crippen LogP contribution in [0, 0.1) is 12.7 Å². The summed E-state index contributed by atoms with van der Waals surface area (Å²) in [5, 5.41) is 3.64. The van der Waals surface area contributed by atoms with Crippen LogP contribution in [0.15, 0.2) is 71.6 Å². The summed E-state index contributed by atoms with van der Waals surface area (Å²) >= 11 is 5.93. The van der Waals surface area contributed by atoms with Gasteiger partial charge in [0.25, 0.3) is 10.0 Å². The van der Waals surface area contributed by atoms with Gasteiger partial charge in [0, 0.05) is 10.7 Å². The van der Waals surface area contributed by atoms with Crippen molar-refractivity contribution in [1.82, 2.24) is 9.97 Å². The summed E-state index contributed by atoms with van der Waals surface area (Å²) in [6.45, 7) is 1.52. The standard InChI is InChI=1S/C21H16ClFN4O2S/c1-13-12-15(23)8-11-19(13)30(28,29)27-21-20(24-16-9-6-14(22)7-10-16)25-17-4-2-3-5-18(17)26-21/h2-12H,1H3,(H,24,25)(H,26,27). The van der Waals surface area contributed by atoms with Gasteiger partial charge >= 0.3 is 0 Å². The highest BCUT2D eigenvalue weighted by atomic mass is 35.5. The second kappa shape index (κ2) is 7.89. The topological polar surface area (TPSA) is 84.0 Å². The third-order valence-electron chi connectivity index (χ3n) is 4.34. The maximum Gasteiger partial charge on any atom is 0.263 e. The summed E-state index contributed by atoms with van der Waals surface area (Å²) in [5.74, 6) is -0.270. The van der Waals surface area contributed by atoms with Crippen molar-refractivity contribution in [2.75, 3.05) is 10.0 Å². The molecule has 0 amide bonds. The summed E-state index contributed by atoms with van der Waals surface area (Å²) in [4.78, 5) is 8.90. The predicted molar refractivity (Wildman–Crippen MR) is 116 cm³/mol. The lowest BCUT2D eigenvalue weighted by Gasteiger charge is -2.15. The van der Waals surface area contributed by atoms with Gasteiger partial charge in [0.05, 0.1) is 15.9 Å². The molecule has 0 unspecified atom stereocenters. The molecule has 2 N–H and O–H groups in total. The van der Waals surface area contributed by atoms with Gasteiger partial charge in [-0.3, -0.25) is 4.72 Å². The van der Waals surface area contributed by atoms with Gasteiger partial charge in [0.1, 0.15) is 5.82 Å². The molecule has 1 aromatic heterocycles. The number of rotatable bonds is 5. The molecule has 0 aliphatic carbocycles. The zero-order valence-corrected chi connectivity index (χ0v) is 17.3. The van der Waals surface area contributed by atoms with E-state index in [0.717, 1.165) is 12.1 Å². The van der Waals surface area contributed by atoms with E-state index in [1.165, 1.54) is 13.0 Å². The lowest BCUT2D eigenvalue weighted by molar-refractivity contribution is 0.598. The Balaban J connectivity index is 1.79. The van der Waals surface area contributed by atoms with Crippen molar-refractivity contribution in [3.05, 3.63) is 83.1 Å². The first-order valence-corrected chi connectivity index (χ1v) is 10.8. The smallest absolute Gasteiger partial charge is 0.263 e. The highest BCUT2D eigenvalue weighted by Gasteiger charge is 2.21. The van der Waals surface area contributed by atoms with Gasteiger partial charge in [0.15, 0.2) is 11.6 Å². The lowest BCUT2D eigenvalue weighted by atomic mass is 10.2. The lowest BCUT2D eigenvalue weighted by Crippen LogP contribution is -2.17. The number of nitrogens with one attached hydrogen (secondary N) is 2. The van der Waals surface area contributed by atoms with E-state index in [-0.39, 0.29) is 22.1 Å². The van der Waals surface area contributed by atoms with Crippen LogP contribution in [0.4, 0.5) is 21.7 Å². The van der Waals surface area contributed by atoms with Crippen molar-refractivity contribution >= 4 is 50.0 Å². The first-order chi connectivity index (χ1) is 14.3. The first kappa shape index (κ1) is 20.1. The Morgan fingerprint density at radius 1 is 0.900 bits per heavy atom. The van der Waals surface area contributed by atoms with Crippen LogP contribution in [0.3, 0.4) is 0 Å². The third kappa shape index (κ3) is 4.19. The molecule has 0 atom stereocenters. The van der Waals surface area contributed by atoms with Gasteiger partial charge in [-0.15, -0.1) is 0 Å². The zero-order chi connectivity index (χ0) is 21.3. The molecule has 4 aromatic rings. The highest BCUT2D eigenvalue weighted by molar-refractivity contribution is 7.92. The summed E-state index contributed by atoms with van der Waals surface area (Å²) in [6.07, 6.45) is 0. The Morgan fingerprint density at radius 2 is 1.53 bits per heavy atom. The molecule has 1 heterocycles. The van der Waals surface area contributed by atoms with Gasteiger partial charge in [-0.1, -0.05) is 23.7 Å². The number of para-hydroxylation sites is 2. The molecular formula is C21H16ClFN4O2S. The minimum atomic E-state index is -4.03. The average molecular weight is 443 g/mol. The van der Waals surface area contributed by atoms with Crippen molar-refractivity contribution in [2.24, 2.45) is 0 Å². The Morgan fingerprint density at radius 3 is 2.17 bits per heavy atom. The molecule has 4 rings (SSSR count). The van der Waals surface area contributed by atoms with Crippen LogP contribution in [-0.2, 0) is 10.0 Å². The molecule has 0 aliphatic heterocycles. The number of fused-ring (bicyclic) bond motifs is 1. The van der Waals surface area contributed by atoms with Crippen LogP contribution >= 0.6 is 11.6 Å². The molecule has 0 spiro atoms. The third-order valence-corrected chi connectivity index (χ3v) is 6.09. The van der Waals surface area contributed by atoms with E-state index in [0.29, 0.717) is 21.7 Å². The van der Waals surface area contributed by atoms with Gasteiger partial charge in [-0.2, -0.15) is 0 Å². The maximum absolute atomic E-state index is 13.4. The van der Waals surface area contributed by atoms with Gasteiger partial charge < -0.3 is 5.32 Å². The van der Waals surface area contributed by atoms with E-state index in [1.807, 2.05) is 6.07 Å². The summed E-state index contributed by atoms with van der Waals surface area (Å²) < 4.78 is 41.8. The average Bonchev–Trinajstić information content (AvgIpc) is 2.69. The number of halogens is 2. The Hall–Kier alpha value is -3.23. The summed E-state index contributed by atoms with van der Waals surface area (Å²) in [7, 11) is -4.03. The van der Waals surface area contributed by atoms with Crippen LogP contribution < -0.4 is 10.0 Å². The normalized spacial score (nSPS) is 11.4. The molecule has 0 radical (unpaired) electrons. The Kier molecular flexibility index (Phi) is 5.27. The predicted octanol–water partition coefficient (Wildman–Crippen LogP) is 5.28. The molecule has 0 saturated heterocycles. The molecule has 3 aromatic carbocycles. The number of nitrogens with zero attached hydrogens (tertiary/aromatic N) is 2. The second-order valence-corrected chi connectivity index (χ2v) is 8.64.